The SMILES string of the molecule is CCC(Br)C(=O)N(C)C(C)CCSC. The number of hydrogen-bond acceptors (Lipinski definition) is 2. The molecule has 0 spiro atoms. The minimum absolute atomic E-state index is 0.0239. The van der Waals surface area contributed by atoms with Crippen LogP contribution >= 0.6 is 27.7 Å². The molecule has 2 unspecified atom stereocenters. The molecule has 0 bridgehead atoms. The van der Waals surface area contributed by atoms with Crippen molar-refractivity contribution in [1.29, 1.82) is 0 Å². The fourth-order valence-corrected chi connectivity index (χ4v) is 1.99. The third kappa shape index (κ3) is 4.69. The van der Waals surface area contributed by atoms with Gasteiger partial charge in [-0.2, -0.15) is 11.8 Å². The molecule has 2 atom stereocenters. The quantitative estimate of drug-likeness (QED) is 0.698. The molecule has 2 nitrogen and oxygen atoms in total. The number of amides is 1. The van der Waals surface area contributed by atoms with Gasteiger partial charge in [-0.25, -0.2) is 0 Å². The zero-order valence-electron chi connectivity index (χ0n) is 9.42. The van der Waals surface area contributed by atoms with E-state index in [2.05, 4.69) is 29.1 Å². The van der Waals surface area contributed by atoms with Crippen molar-refractivity contribution in [3.8, 4) is 0 Å². The molecule has 0 aliphatic rings. The number of hydrogen-bond donors (Lipinski definition) is 0. The molecule has 0 N–H and O–H groups in total. The Kier molecular flexibility index (Phi) is 7.74. The van der Waals surface area contributed by atoms with E-state index in [-0.39, 0.29) is 10.7 Å². The molecule has 0 aromatic carbocycles. The van der Waals surface area contributed by atoms with Crippen LogP contribution in [0.3, 0.4) is 0 Å². The molecule has 4 heteroatoms. The minimum atomic E-state index is -0.0239. The average Bonchev–Trinajstić information content (AvgIpc) is 2.22. The van der Waals surface area contributed by atoms with E-state index in [9.17, 15) is 4.79 Å². The maximum absolute atomic E-state index is 11.8. The van der Waals surface area contributed by atoms with Crippen molar-refractivity contribution in [2.45, 2.75) is 37.6 Å². The standard InChI is InChI=1S/C10H20BrNOS/c1-5-9(11)10(13)12(3)8(2)6-7-14-4/h8-9H,5-7H2,1-4H3. The summed E-state index contributed by atoms with van der Waals surface area (Å²) in [5.41, 5.74) is 0. The Morgan fingerprint density at radius 2 is 2.14 bits per heavy atom. The number of carbonyl (C=O) groups excluding carboxylic acids is 1. The Balaban J connectivity index is 4.03. The zero-order chi connectivity index (χ0) is 11.1. The van der Waals surface area contributed by atoms with Crippen LogP contribution < -0.4 is 0 Å². The Bertz CT molecular complexity index is 178. The van der Waals surface area contributed by atoms with E-state index in [0.717, 1.165) is 18.6 Å². The summed E-state index contributed by atoms with van der Waals surface area (Å²) in [6, 6.07) is 0.335. The van der Waals surface area contributed by atoms with Gasteiger partial charge in [-0.05, 0) is 31.8 Å². The maximum Gasteiger partial charge on any atom is 0.236 e. The van der Waals surface area contributed by atoms with Gasteiger partial charge >= 0.3 is 0 Å². The topological polar surface area (TPSA) is 20.3 Å². The van der Waals surface area contributed by atoms with E-state index < -0.39 is 0 Å². The van der Waals surface area contributed by atoms with Gasteiger partial charge in [-0.3, -0.25) is 4.79 Å². The third-order valence-corrected chi connectivity index (χ3v) is 4.06. The lowest BCUT2D eigenvalue weighted by Gasteiger charge is -2.26. The molecule has 14 heavy (non-hydrogen) atoms. The van der Waals surface area contributed by atoms with Crippen molar-refractivity contribution in [1.82, 2.24) is 4.90 Å². The largest absolute Gasteiger partial charge is 0.342 e. The summed E-state index contributed by atoms with van der Waals surface area (Å²) in [5, 5.41) is 0. The van der Waals surface area contributed by atoms with Crippen molar-refractivity contribution < 1.29 is 4.79 Å². The Hall–Kier alpha value is 0.300. The Morgan fingerprint density at radius 3 is 2.57 bits per heavy atom. The summed E-state index contributed by atoms with van der Waals surface area (Å²) < 4.78 is 0. The molecule has 0 aromatic heterocycles. The highest BCUT2D eigenvalue weighted by molar-refractivity contribution is 9.10. The van der Waals surface area contributed by atoms with Crippen molar-refractivity contribution in [3.63, 3.8) is 0 Å². The number of rotatable bonds is 6. The highest BCUT2D eigenvalue weighted by Crippen LogP contribution is 2.12. The van der Waals surface area contributed by atoms with E-state index in [0.29, 0.717) is 6.04 Å². The molecule has 0 saturated carbocycles. The monoisotopic (exact) mass is 281 g/mol. The van der Waals surface area contributed by atoms with Crippen LogP contribution in [-0.4, -0.2) is 40.7 Å². The van der Waals surface area contributed by atoms with Gasteiger partial charge in [0.25, 0.3) is 0 Å². The first-order valence-corrected chi connectivity index (χ1v) is 7.25. The zero-order valence-corrected chi connectivity index (χ0v) is 11.8. The molecular weight excluding hydrogens is 262 g/mol. The van der Waals surface area contributed by atoms with Crippen LogP contribution in [0.25, 0.3) is 0 Å². The van der Waals surface area contributed by atoms with E-state index in [1.807, 2.05) is 30.6 Å². The molecule has 0 aliphatic carbocycles. The van der Waals surface area contributed by atoms with Crippen LogP contribution in [-0.2, 0) is 4.79 Å². The second kappa shape index (κ2) is 7.57. The van der Waals surface area contributed by atoms with Crippen molar-refractivity contribution in [2.24, 2.45) is 0 Å². The second-order valence-electron chi connectivity index (χ2n) is 3.46. The van der Waals surface area contributed by atoms with E-state index in [1.54, 1.807) is 0 Å². The number of thioether (sulfide) groups is 1. The number of nitrogens with zero attached hydrogens (tertiary/aromatic N) is 1. The van der Waals surface area contributed by atoms with Gasteiger partial charge in [-0.15, -0.1) is 0 Å². The first-order valence-electron chi connectivity index (χ1n) is 4.94. The predicted molar refractivity (Wildman–Crippen MR) is 68.2 cm³/mol. The van der Waals surface area contributed by atoms with Crippen LogP contribution in [0.2, 0.25) is 0 Å². The van der Waals surface area contributed by atoms with Gasteiger partial charge in [0.2, 0.25) is 5.91 Å². The Labute approximate surface area is 99.9 Å². The lowest BCUT2D eigenvalue weighted by molar-refractivity contribution is -0.131. The van der Waals surface area contributed by atoms with Crippen molar-refractivity contribution in [3.05, 3.63) is 0 Å². The molecule has 0 fully saturated rings. The molecule has 84 valence electrons. The molecule has 0 radical (unpaired) electrons. The summed E-state index contributed by atoms with van der Waals surface area (Å²) in [7, 11) is 1.89. The molecule has 0 heterocycles. The van der Waals surface area contributed by atoms with Crippen LogP contribution in [0, 0.1) is 0 Å². The minimum Gasteiger partial charge on any atom is -0.342 e. The van der Waals surface area contributed by atoms with Gasteiger partial charge in [-0.1, -0.05) is 22.9 Å². The van der Waals surface area contributed by atoms with Crippen molar-refractivity contribution >= 4 is 33.6 Å². The highest BCUT2D eigenvalue weighted by atomic mass is 79.9. The summed E-state index contributed by atoms with van der Waals surface area (Å²) in [6.07, 6.45) is 4.00. The molecule has 0 aromatic rings. The van der Waals surface area contributed by atoms with Gasteiger partial charge in [0.1, 0.15) is 0 Å². The first-order chi connectivity index (χ1) is 6.54. The second-order valence-corrected chi connectivity index (χ2v) is 5.55. The summed E-state index contributed by atoms with van der Waals surface area (Å²) in [4.78, 5) is 13.6. The van der Waals surface area contributed by atoms with Crippen LogP contribution in [0.4, 0.5) is 0 Å². The van der Waals surface area contributed by atoms with Crippen molar-refractivity contribution in [2.75, 3.05) is 19.1 Å². The van der Waals surface area contributed by atoms with Crippen LogP contribution in [0.15, 0.2) is 0 Å². The molecule has 0 saturated heterocycles. The fourth-order valence-electron chi connectivity index (χ4n) is 1.09. The van der Waals surface area contributed by atoms with Gasteiger partial charge in [0.05, 0.1) is 4.83 Å². The molecular formula is C10H20BrNOS. The van der Waals surface area contributed by atoms with E-state index in [4.69, 9.17) is 0 Å². The van der Waals surface area contributed by atoms with Gasteiger partial charge in [0, 0.05) is 13.1 Å². The maximum atomic E-state index is 11.8. The van der Waals surface area contributed by atoms with Gasteiger partial charge in [0.15, 0.2) is 0 Å². The van der Waals surface area contributed by atoms with E-state index >= 15 is 0 Å². The molecule has 0 aliphatic heterocycles. The van der Waals surface area contributed by atoms with Crippen LogP contribution in [0.1, 0.15) is 26.7 Å². The number of carbonyl (C=O) groups is 1. The Morgan fingerprint density at radius 1 is 1.57 bits per heavy atom. The summed E-state index contributed by atoms with van der Waals surface area (Å²) in [5.74, 6) is 1.30. The fraction of sp³-hybridized carbons (Fsp3) is 0.900. The lowest BCUT2D eigenvalue weighted by atomic mass is 10.2. The number of alkyl halides is 1. The smallest absolute Gasteiger partial charge is 0.236 e. The molecule has 0 rings (SSSR count). The highest BCUT2D eigenvalue weighted by Gasteiger charge is 2.20. The lowest BCUT2D eigenvalue weighted by Crippen LogP contribution is -2.39. The van der Waals surface area contributed by atoms with Crippen LogP contribution in [0.5, 0.6) is 0 Å². The predicted octanol–water partition coefficient (Wildman–Crippen LogP) is 2.76. The average molecular weight is 282 g/mol. The van der Waals surface area contributed by atoms with Gasteiger partial charge < -0.3 is 4.90 Å². The summed E-state index contributed by atoms with van der Waals surface area (Å²) in [6.45, 7) is 4.11. The third-order valence-electron chi connectivity index (χ3n) is 2.37. The number of halogens is 1. The normalized spacial score (nSPS) is 14.9. The summed E-state index contributed by atoms with van der Waals surface area (Å²) >= 11 is 5.21. The van der Waals surface area contributed by atoms with E-state index in [1.165, 1.54) is 0 Å². The molecule has 1 amide bonds. The first kappa shape index (κ1) is 14.3.